The fourth-order valence-electron chi connectivity index (χ4n) is 4.34. The highest BCUT2D eigenvalue weighted by atomic mass is 16.5. The van der Waals surface area contributed by atoms with E-state index in [1.54, 1.807) is 6.33 Å². The minimum atomic E-state index is 0.0532. The van der Waals surface area contributed by atoms with E-state index in [0.717, 1.165) is 36.0 Å². The highest BCUT2D eigenvalue weighted by molar-refractivity contribution is 5.51. The molecule has 4 aromatic rings. The Morgan fingerprint density at radius 3 is 2.80 bits per heavy atom. The monoisotopic (exact) mass is 403 g/mol. The Bertz CT molecular complexity index is 1180. The lowest BCUT2D eigenvalue weighted by atomic mass is 10.0. The Kier molecular flexibility index (Phi) is 4.71. The van der Waals surface area contributed by atoms with E-state index in [-0.39, 0.29) is 6.04 Å². The maximum atomic E-state index is 5.91. The van der Waals surface area contributed by atoms with Crippen molar-refractivity contribution >= 4 is 11.6 Å². The molecule has 30 heavy (non-hydrogen) atoms. The molecule has 1 aromatic carbocycles. The van der Waals surface area contributed by atoms with Crippen LogP contribution in [-0.4, -0.2) is 49.1 Å². The van der Waals surface area contributed by atoms with Gasteiger partial charge in [-0.15, -0.1) is 0 Å². The van der Waals surface area contributed by atoms with Crippen molar-refractivity contribution in [1.29, 1.82) is 0 Å². The minimum Gasteiger partial charge on any atom is -0.377 e. The first-order chi connectivity index (χ1) is 14.6. The molecule has 5 rings (SSSR count). The van der Waals surface area contributed by atoms with Gasteiger partial charge in [0, 0.05) is 29.6 Å². The molecule has 4 heterocycles. The Balaban J connectivity index is 1.56. The predicted octanol–water partition coefficient (Wildman–Crippen LogP) is 2.87. The maximum absolute atomic E-state index is 5.91. The highest BCUT2D eigenvalue weighted by Crippen LogP contribution is 2.33. The number of fused-ring (bicyclic) bond motifs is 1. The van der Waals surface area contributed by atoms with Crippen LogP contribution in [0.3, 0.4) is 0 Å². The van der Waals surface area contributed by atoms with E-state index in [0.29, 0.717) is 19.0 Å². The average molecular weight is 403 g/mol. The second kappa shape index (κ2) is 7.53. The summed E-state index contributed by atoms with van der Waals surface area (Å²) in [5.41, 5.74) is 5.57. The number of rotatable bonds is 4. The van der Waals surface area contributed by atoms with Crippen molar-refractivity contribution in [3.63, 3.8) is 0 Å². The molecule has 8 heteroatoms. The number of aryl methyl sites for hydroxylation is 2. The Morgan fingerprint density at radius 1 is 1.13 bits per heavy atom. The number of hydrogen-bond donors (Lipinski definition) is 0. The number of morpholine rings is 1. The number of hydrogen-bond acceptors (Lipinski definition) is 6. The second-order valence-electron chi connectivity index (χ2n) is 7.74. The van der Waals surface area contributed by atoms with Crippen molar-refractivity contribution in [2.45, 2.75) is 33.4 Å². The third kappa shape index (κ3) is 3.23. The first-order valence-electron chi connectivity index (χ1n) is 10.2. The van der Waals surface area contributed by atoms with E-state index in [9.17, 15) is 0 Å². The summed E-state index contributed by atoms with van der Waals surface area (Å²) in [6.07, 6.45) is 1.55. The summed E-state index contributed by atoms with van der Waals surface area (Å²) in [5, 5.41) is 9.27. The number of ether oxygens (including phenoxy) is 1. The van der Waals surface area contributed by atoms with E-state index < -0.39 is 0 Å². The van der Waals surface area contributed by atoms with Gasteiger partial charge in [-0.05, 0) is 26.3 Å². The normalized spacial score (nSPS) is 17.0. The molecule has 0 radical (unpaired) electrons. The van der Waals surface area contributed by atoms with E-state index >= 15 is 0 Å². The van der Waals surface area contributed by atoms with Gasteiger partial charge in [0.2, 0.25) is 0 Å². The molecule has 1 aliphatic rings. The van der Waals surface area contributed by atoms with E-state index in [1.807, 2.05) is 17.5 Å². The van der Waals surface area contributed by atoms with Gasteiger partial charge in [-0.3, -0.25) is 4.68 Å². The molecule has 0 N–H and O–H groups in total. The van der Waals surface area contributed by atoms with Gasteiger partial charge in [0.25, 0.3) is 5.78 Å². The Morgan fingerprint density at radius 2 is 1.97 bits per heavy atom. The number of benzene rings is 1. The van der Waals surface area contributed by atoms with Crippen molar-refractivity contribution in [2.75, 3.05) is 24.7 Å². The van der Waals surface area contributed by atoms with Gasteiger partial charge in [0.15, 0.2) is 0 Å². The fraction of sp³-hybridized carbons (Fsp3) is 0.364. The SMILES string of the molecule is Cc1cc(N2CCOC[C@H]2c2c(C)nn(Cc3ccccc3)c2C)n2ncnc2n1. The second-order valence-corrected chi connectivity index (χ2v) is 7.74. The summed E-state index contributed by atoms with van der Waals surface area (Å²) in [6.45, 7) is 9.02. The van der Waals surface area contributed by atoms with Crippen LogP contribution >= 0.6 is 0 Å². The van der Waals surface area contributed by atoms with Gasteiger partial charge in [-0.25, -0.2) is 4.98 Å². The lowest BCUT2D eigenvalue weighted by Crippen LogP contribution is -2.41. The van der Waals surface area contributed by atoms with E-state index in [1.165, 1.54) is 11.1 Å². The van der Waals surface area contributed by atoms with Crippen molar-refractivity contribution in [3.8, 4) is 0 Å². The van der Waals surface area contributed by atoms with Crippen LogP contribution in [0.5, 0.6) is 0 Å². The maximum Gasteiger partial charge on any atom is 0.254 e. The molecule has 3 aromatic heterocycles. The van der Waals surface area contributed by atoms with Crippen LogP contribution in [0.4, 0.5) is 5.82 Å². The molecule has 1 saturated heterocycles. The van der Waals surface area contributed by atoms with Gasteiger partial charge >= 0.3 is 0 Å². The van der Waals surface area contributed by atoms with Crippen molar-refractivity contribution in [1.82, 2.24) is 29.4 Å². The molecule has 0 amide bonds. The molecule has 1 aliphatic heterocycles. The van der Waals surface area contributed by atoms with E-state index in [4.69, 9.17) is 9.84 Å². The number of anilines is 1. The summed E-state index contributed by atoms with van der Waals surface area (Å²) in [5.74, 6) is 1.60. The lowest BCUT2D eigenvalue weighted by Gasteiger charge is -2.37. The third-order valence-electron chi connectivity index (χ3n) is 5.73. The average Bonchev–Trinajstić information content (AvgIpc) is 3.32. The van der Waals surface area contributed by atoms with Gasteiger partial charge in [-0.2, -0.15) is 19.7 Å². The minimum absolute atomic E-state index is 0.0532. The van der Waals surface area contributed by atoms with Gasteiger partial charge < -0.3 is 9.64 Å². The summed E-state index contributed by atoms with van der Waals surface area (Å²) in [7, 11) is 0. The largest absolute Gasteiger partial charge is 0.377 e. The third-order valence-corrected chi connectivity index (χ3v) is 5.73. The smallest absolute Gasteiger partial charge is 0.254 e. The van der Waals surface area contributed by atoms with Crippen molar-refractivity contribution < 1.29 is 4.74 Å². The first-order valence-corrected chi connectivity index (χ1v) is 10.2. The molecule has 1 fully saturated rings. The molecule has 0 aliphatic carbocycles. The first kappa shape index (κ1) is 18.7. The molecular weight excluding hydrogens is 378 g/mol. The van der Waals surface area contributed by atoms with Crippen LogP contribution in [0.15, 0.2) is 42.7 Å². The molecule has 8 nitrogen and oxygen atoms in total. The molecule has 0 saturated carbocycles. The van der Waals surface area contributed by atoms with Gasteiger partial charge in [0.1, 0.15) is 12.1 Å². The predicted molar refractivity (Wildman–Crippen MR) is 114 cm³/mol. The van der Waals surface area contributed by atoms with Gasteiger partial charge in [0.05, 0.1) is 31.5 Å². The van der Waals surface area contributed by atoms with Crippen LogP contribution in [-0.2, 0) is 11.3 Å². The summed E-state index contributed by atoms with van der Waals surface area (Å²) < 4.78 is 9.81. The molecule has 0 unspecified atom stereocenters. The van der Waals surface area contributed by atoms with Crippen LogP contribution in [0.2, 0.25) is 0 Å². The summed E-state index contributed by atoms with van der Waals surface area (Å²) in [6, 6.07) is 12.5. The molecule has 154 valence electrons. The molecular formula is C22H25N7O. The van der Waals surface area contributed by atoms with Crippen LogP contribution in [0.25, 0.3) is 5.78 Å². The zero-order valence-electron chi connectivity index (χ0n) is 17.5. The van der Waals surface area contributed by atoms with Crippen LogP contribution in [0, 0.1) is 20.8 Å². The zero-order valence-corrected chi connectivity index (χ0v) is 17.5. The summed E-state index contributed by atoms with van der Waals surface area (Å²) in [4.78, 5) is 11.1. The Labute approximate surface area is 175 Å². The standard InChI is InChI=1S/C22H25N7O/c1-15-11-20(29-22(25-15)23-14-24-29)27-9-10-30-13-19(27)21-16(2)26-28(17(21)3)12-18-7-5-4-6-8-18/h4-8,11,14,19H,9-10,12-13H2,1-3H3/t19-/m0/s1. The zero-order chi connectivity index (χ0) is 20.7. The summed E-state index contributed by atoms with van der Waals surface area (Å²) >= 11 is 0. The number of nitrogens with zero attached hydrogens (tertiary/aromatic N) is 7. The topological polar surface area (TPSA) is 73.4 Å². The quantitative estimate of drug-likeness (QED) is 0.522. The van der Waals surface area contributed by atoms with Crippen molar-refractivity contribution in [2.24, 2.45) is 0 Å². The Hall–Kier alpha value is -3.26. The highest BCUT2D eigenvalue weighted by Gasteiger charge is 2.31. The van der Waals surface area contributed by atoms with Crippen LogP contribution in [0.1, 0.15) is 34.3 Å². The molecule has 0 bridgehead atoms. The molecule has 0 spiro atoms. The lowest BCUT2D eigenvalue weighted by molar-refractivity contribution is 0.0931. The van der Waals surface area contributed by atoms with Gasteiger partial charge in [-0.1, -0.05) is 30.3 Å². The van der Waals surface area contributed by atoms with E-state index in [2.05, 4.69) is 68.8 Å². The van der Waals surface area contributed by atoms with Crippen LogP contribution < -0.4 is 4.90 Å². The molecule has 1 atom stereocenters. The fourth-order valence-corrected chi connectivity index (χ4v) is 4.34. The van der Waals surface area contributed by atoms with Crippen molar-refractivity contribution in [3.05, 3.63) is 70.9 Å². The number of aromatic nitrogens is 6.